The van der Waals surface area contributed by atoms with Crippen molar-refractivity contribution in [3.8, 4) is 5.88 Å². The molecule has 0 bridgehead atoms. The van der Waals surface area contributed by atoms with Gasteiger partial charge in [-0.2, -0.15) is 0 Å². The molecule has 0 fully saturated rings. The molecule has 0 aliphatic carbocycles. The fourth-order valence-corrected chi connectivity index (χ4v) is 1.07. The number of carbonyl (C=O) groups is 2. The summed E-state index contributed by atoms with van der Waals surface area (Å²) in [5, 5.41) is 8.51. The number of aromatic nitrogens is 2. The summed E-state index contributed by atoms with van der Waals surface area (Å²) in [6.07, 6.45) is 2.88. The number of aliphatic carboxylic acids is 1. The number of rotatable bonds is 5. The minimum Gasteiger partial charge on any atom is -0.480 e. The Morgan fingerprint density at radius 1 is 1.53 bits per heavy atom. The predicted molar refractivity (Wildman–Crippen MR) is 57.5 cm³/mol. The zero-order valence-electron chi connectivity index (χ0n) is 9.58. The lowest BCUT2D eigenvalue weighted by atomic mass is 10.4. The number of carboxylic acids is 1. The summed E-state index contributed by atoms with van der Waals surface area (Å²) in [6, 6.07) is 0. The first-order valence-electron chi connectivity index (χ1n) is 4.86. The van der Waals surface area contributed by atoms with Gasteiger partial charge in [0.05, 0.1) is 0 Å². The predicted octanol–water partition coefficient (Wildman–Crippen LogP) is -0.293. The molecule has 1 rings (SSSR count). The first-order valence-corrected chi connectivity index (χ1v) is 4.86. The fourth-order valence-electron chi connectivity index (χ4n) is 1.07. The number of carboxylic acid groups (broad SMARTS) is 1. The molecule has 0 aliphatic rings. The maximum atomic E-state index is 11.5. The lowest BCUT2D eigenvalue weighted by molar-refractivity contribution is -0.144. The second kappa shape index (κ2) is 5.78. The molecule has 0 aliphatic heterocycles. The van der Waals surface area contributed by atoms with Crippen molar-refractivity contribution < 1.29 is 19.4 Å². The molecule has 1 aromatic rings. The summed E-state index contributed by atoms with van der Waals surface area (Å²) in [6.45, 7) is 1.15. The normalized spacial score (nSPS) is 9.76. The molecule has 0 saturated carbocycles. The van der Waals surface area contributed by atoms with Gasteiger partial charge in [0.25, 0.3) is 5.91 Å². The highest BCUT2D eigenvalue weighted by atomic mass is 16.5. The van der Waals surface area contributed by atoms with E-state index in [2.05, 4.69) is 9.97 Å². The Labute approximate surface area is 98.1 Å². The molecule has 1 aromatic heterocycles. The first kappa shape index (κ1) is 12.9. The van der Waals surface area contributed by atoms with E-state index in [1.807, 2.05) is 0 Å². The van der Waals surface area contributed by atoms with Crippen molar-refractivity contribution in [1.29, 1.82) is 0 Å². The van der Waals surface area contributed by atoms with Crippen LogP contribution in [0.5, 0.6) is 5.88 Å². The molecule has 1 amide bonds. The van der Waals surface area contributed by atoms with Gasteiger partial charge >= 0.3 is 5.97 Å². The largest absolute Gasteiger partial charge is 0.480 e. The van der Waals surface area contributed by atoms with Crippen LogP contribution in [0.1, 0.15) is 5.56 Å². The average Bonchev–Trinajstić information content (AvgIpc) is 2.26. The third kappa shape index (κ3) is 4.06. The minimum absolute atomic E-state index is 0.248. The average molecular weight is 239 g/mol. The molecule has 1 heterocycles. The summed E-state index contributed by atoms with van der Waals surface area (Å²) in [7, 11) is 1.40. The molecule has 7 nitrogen and oxygen atoms in total. The SMILES string of the molecule is Cc1cncnc1OCC(=O)N(C)CC(=O)O. The number of nitrogens with zero attached hydrogens (tertiary/aromatic N) is 3. The van der Waals surface area contributed by atoms with Crippen LogP contribution >= 0.6 is 0 Å². The lowest BCUT2D eigenvalue weighted by Crippen LogP contribution is -2.35. The summed E-state index contributed by atoms with van der Waals surface area (Å²) < 4.78 is 5.17. The van der Waals surface area contributed by atoms with Crippen LogP contribution in [-0.2, 0) is 9.59 Å². The first-order chi connectivity index (χ1) is 8.00. The van der Waals surface area contributed by atoms with Gasteiger partial charge in [-0.15, -0.1) is 0 Å². The molecule has 0 saturated heterocycles. The van der Waals surface area contributed by atoms with Crippen molar-refractivity contribution in [2.24, 2.45) is 0 Å². The van der Waals surface area contributed by atoms with Crippen molar-refractivity contribution >= 4 is 11.9 Å². The standard InChI is InChI=1S/C10H13N3O4/c1-7-3-11-6-12-10(7)17-5-8(14)13(2)4-9(15)16/h3,6H,4-5H2,1-2H3,(H,15,16). The van der Waals surface area contributed by atoms with Gasteiger partial charge in [-0.25, -0.2) is 9.97 Å². The Morgan fingerprint density at radius 2 is 2.24 bits per heavy atom. The molecule has 1 N–H and O–H groups in total. The van der Waals surface area contributed by atoms with E-state index in [0.29, 0.717) is 11.4 Å². The molecule has 0 unspecified atom stereocenters. The van der Waals surface area contributed by atoms with E-state index in [0.717, 1.165) is 4.90 Å². The molecular formula is C10H13N3O4. The summed E-state index contributed by atoms with van der Waals surface area (Å²) in [4.78, 5) is 30.5. The molecule has 0 radical (unpaired) electrons. The highest BCUT2D eigenvalue weighted by molar-refractivity contribution is 5.82. The summed E-state index contributed by atoms with van der Waals surface area (Å²) in [5.74, 6) is -1.18. The maximum absolute atomic E-state index is 11.5. The summed E-state index contributed by atoms with van der Waals surface area (Å²) in [5.41, 5.74) is 0.709. The Hall–Kier alpha value is -2.18. The summed E-state index contributed by atoms with van der Waals surface area (Å²) >= 11 is 0. The van der Waals surface area contributed by atoms with Crippen LogP contribution in [0.2, 0.25) is 0 Å². The number of amides is 1. The van der Waals surface area contributed by atoms with E-state index in [-0.39, 0.29) is 13.2 Å². The zero-order valence-corrected chi connectivity index (χ0v) is 9.58. The van der Waals surface area contributed by atoms with E-state index < -0.39 is 11.9 Å². The van der Waals surface area contributed by atoms with Gasteiger partial charge in [-0.1, -0.05) is 0 Å². The number of carbonyl (C=O) groups excluding carboxylic acids is 1. The monoisotopic (exact) mass is 239 g/mol. The van der Waals surface area contributed by atoms with E-state index >= 15 is 0 Å². The van der Waals surface area contributed by atoms with Crippen LogP contribution in [0.25, 0.3) is 0 Å². The van der Waals surface area contributed by atoms with Crippen LogP contribution in [0.15, 0.2) is 12.5 Å². The van der Waals surface area contributed by atoms with Crippen LogP contribution in [0.4, 0.5) is 0 Å². The van der Waals surface area contributed by atoms with Gasteiger partial charge < -0.3 is 14.7 Å². The van der Waals surface area contributed by atoms with E-state index in [9.17, 15) is 9.59 Å². The molecule has 0 aromatic carbocycles. The highest BCUT2D eigenvalue weighted by Gasteiger charge is 2.13. The van der Waals surface area contributed by atoms with E-state index in [4.69, 9.17) is 9.84 Å². The molecule has 0 atom stereocenters. The highest BCUT2D eigenvalue weighted by Crippen LogP contribution is 2.10. The van der Waals surface area contributed by atoms with Crippen molar-refractivity contribution in [1.82, 2.24) is 14.9 Å². The van der Waals surface area contributed by atoms with Gasteiger partial charge in [0, 0.05) is 18.8 Å². The zero-order chi connectivity index (χ0) is 12.8. The van der Waals surface area contributed by atoms with Gasteiger partial charge in [0.1, 0.15) is 12.9 Å². The fraction of sp³-hybridized carbons (Fsp3) is 0.400. The smallest absolute Gasteiger partial charge is 0.323 e. The van der Waals surface area contributed by atoms with Crippen molar-refractivity contribution in [2.45, 2.75) is 6.92 Å². The second-order valence-electron chi connectivity index (χ2n) is 3.44. The Bertz CT molecular complexity index is 422. The number of likely N-dealkylation sites (N-methyl/N-ethyl adjacent to an activating group) is 1. The van der Waals surface area contributed by atoms with Crippen LogP contribution in [0, 0.1) is 6.92 Å². The third-order valence-electron chi connectivity index (χ3n) is 1.98. The Balaban J connectivity index is 2.48. The Morgan fingerprint density at radius 3 is 2.82 bits per heavy atom. The topological polar surface area (TPSA) is 92.6 Å². The Kier molecular flexibility index (Phi) is 4.38. The van der Waals surface area contributed by atoms with Crippen LogP contribution in [-0.4, -0.2) is 52.1 Å². The molecule has 92 valence electrons. The molecule has 17 heavy (non-hydrogen) atoms. The quantitative estimate of drug-likeness (QED) is 0.758. The van der Waals surface area contributed by atoms with E-state index in [1.54, 1.807) is 13.1 Å². The van der Waals surface area contributed by atoms with Gasteiger partial charge in [-0.05, 0) is 6.92 Å². The number of ether oxygens (including phenoxy) is 1. The van der Waals surface area contributed by atoms with Crippen molar-refractivity contribution in [3.05, 3.63) is 18.1 Å². The maximum Gasteiger partial charge on any atom is 0.323 e. The lowest BCUT2D eigenvalue weighted by Gasteiger charge is -2.14. The van der Waals surface area contributed by atoms with Gasteiger partial charge in [0.2, 0.25) is 5.88 Å². The van der Waals surface area contributed by atoms with Gasteiger partial charge in [0.15, 0.2) is 6.61 Å². The second-order valence-corrected chi connectivity index (χ2v) is 3.44. The molecular weight excluding hydrogens is 226 g/mol. The van der Waals surface area contributed by atoms with Crippen LogP contribution < -0.4 is 4.74 Å². The van der Waals surface area contributed by atoms with E-state index in [1.165, 1.54) is 13.4 Å². The number of aryl methyl sites for hydroxylation is 1. The number of hydrogen-bond acceptors (Lipinski definition) is 5. The molecule has 7 heteroatoms. The minimum atomic E-state index is -1.07. The van der Waals surface area contributed by atoms with Crippen LogP contribution in [0.3, 0.4) is 0 Å². The van der Waals surface area contributed by atoms with Gasteiger partial charge in [-0.3, -0.25) is 9.59 Å². The number of hydrogen-bond donors (Lipinski definition) is 1. The molecule has 0 spiro atoms. The van der Waals surface area contributed by atoms with Crippen molar-refractivity contribution in [3.63, 3.8) is 0 Å². The third-order valence-corrected chi connectivity index (χ3v) is 1.98. The van der Waals surface area contributed by atoms with Crippen molar-refractivity contribution in [2.75, 3.05) is 20.2 Å².